The summed E-state index contributed by atoms with van der Waals surface area (Å²) in [6.45, 7) is 6.13. The molecule has 0 amide bonds. The van der Waals surface area contributed by atoms with E-state index >= 15 is 0 Å². The van der Waals surface area contributed by atoms with E-state index in [9.17, 15) is 10.1 Å². The maximum Gasteiger partial charge on any atom is 0.386 e. The van der Waals surface area contributed by atoms with Crippen molar-refractivity contribution in [3.63, 3.8) is 0 Å². The number of nitro groups is 1. The summed E-state index contributed by atoms with van der Waals surface area (Å²) in [5, 5.41) is 13.9. The molecule has 0 unspecified atom stereocenters. The molecule has 0 aromatic carbocycles. The number of aromatic nitrogens is 1. The number of nitrogens with one attached hydrogen (secondary N) is 1. The van der Waals surface area contributed by atoms with Crippen molar-refractivity contribution >= 4 is 11.5 Å². The van der Waals surface area contributed by atoms with Gasteiger partial charge in [0.1, 0.15) is 11.9 Å². The Morgan fingerprint density at radius 1 is 1.56 bits per heavy atom. The molecule has 1 aromatic rings. The number of nitrogens with zero attached hydrogens (tertiary/aromatic N) is 2. The van der Waals surface area contributed by atoms with Crippen LogP contribution in [-0.4, -0.2) is 15.4 Å². The van der Waals surface area contributed by atoms with E-state index in [-0.39, 0.29) is 11.4 Å². The van der Waals surface area contributed by atoms with Gasteiger partial charge in [-0.1, -0.05) is 13.3 Å². The molecule has 1 N–H and O–H groups in total. The lowest BCUT2D eigenvalue weighted by atomic mass is 9.98. The standard InChI is InChI=1S/C11H17N3O2/c1-4-7-11(2,3)13-9-6-5-8-12-10(9)14(15)16/h5-6,8,13H,4,7H2,1-3H3. The van der Waals surface area contributed by atoms with E-state index in [1.807, 2.05) is 13.8 Å². The van der Waals surface area contributed by atoms with Gasteiger partial charge in [0.2, 0.25) is 0 Å². The smallest absolute Gasteiger partial charge is 0.373 e. The van der Waals surface area contributed by atoms with Crippen LogP contribution < -0.4 is 5.32 Å². The average Bonchev–Trinajstić information content (AvgIpc) is 2.17. The van der Waals surface area contributed by atoms with E-state index in [1.54, 1.807) is 12.1 Å². The van der Waals surface area contributed by atoms with Crippen LogP contribution in [0.15, 0.2) is 18.3 Å². The minimum atomic E-state index is -0.468. The molecule has 0 atom stereocenters. The molecule has 88 valence electrons. The molecule has 1 aromatic heterocycles. The molecular weight excluding hydrogens is 206 g/mol. The molecule has 5 heteroatoms. The van der Waals surface area contributed by atoms with Gasteiger partial charge in [-0.2, -0.15) is 0 Å². The Labute approximate surface area is 95.0 Å². The van der Waals surface area contributed by atoms with Crippen LogP contribution in [0.2, 0.25) is 0 Å². The molecule has 1 rings (SSSR count). The highest BCUT2D eigenvalue weighted by Crippen LogP contribution is 2.25. The summed E-state index contributed by atoms with van der Waals surface area (Å²) in [5.74, 6) is -0.119. The average molecular weight is 223 g/mol. The molecule has 0 spiro atoms. The summed E-state index contributed by atoms with van der Waals surface area (Å²) in [4.78, 5) is 14.1. The molecule has 0 saturated carbocycles. The summed E-state index contributed by atoms with van der Waals surface area (Å²) in [7, 11) is 0. The second kappa shape index (κ2) is 4.92. The topological polar surface area (TPSA) is 68.1 Å². The number of hydrogen-bond donors (Lipinski definition) is 1. The third kappa shape index (κ3) is 3.18. The van der Waals surface area contributed by atoms with Crippen molar-refractivity contribution in [1.29, 1.82) is 0 Å². The molecule has 0 aliphatic carbocycles. The Hall–Kier alpha value is -1.65. The number of hydrogen-bond acceptors (Lipinski definition) is 4. The summed E-state index contributed by atoms with van der Waals surface area (Å²) in [5.41, 5.74) is 0.314. The summed E-state index contributed by atoms with van der Waals surface area (Å²) >= 11 is 0. The van der Waals surface area contributed by atoms with Gasteiger partial charge in [0.15, 0.2) is 0 Å². The molecule has 0 bridgehead atoms. The quantitative estimate of drug-likeness (QED) is 0.615. The SMILES string of the molecule is CCCC(C)(C)Nc1cccnc1[N+](=O)[O-]. The van der Waals surface area contributed by atoms with E-state index in [1.165, 1.54) is 6.20 Å². The zero-order valence-electron chi connectivity index (χ0n) is 9.86. The molecule has 0 radical (unpaired) electrons. The lowest BCUT2D eigenvalue weighted by molar-refractivity contribution is -0.388. The van der Waals surface area contributed by atoms with E-state index in [0.717, 1.165) is 12.8 Å². The minimum absolute atomic E-state index is 0.119. The van der Waals surface area contributed by atoms with E-state index < -0.39 is 4.92 Å². The Morgan fingerprint density at radius 2 is 2.25 bits per heavy atom. The normalized spacial score (nSPS) is 11.2. The third-order valence-corrected chi connectivity index (χ3v) is 2.31. The zero-order valence-corrected chi connectivity index (χ0v) is 9.86. The predicted molar refractivity (Wildman–Crippen MR) is 63.5 cm³/mol. The van der Waals surface area contributed by atoms with Crippen molar-refractivity contribution in [3.05, 3.63) is 28.4 Å². The predicted octanol–water partition coefficient (Wildman–Crippen LogP) is 2.98. The van der Waals surface area contributed by atoms with E-state index in [0.29, 0.717) is 5.69 Å². The first kappa shape index (κ1) is 12.4. The minimum Gasteiger partial charge on any atom is -0.373 e. The highest BCUT2D eigenvalue weighted by molar-refractivity contribution is 5.57. The first-order chi connectivity index (χ1) is 7.46. The van der Waals surface area contributed by atoms with Crippen molar-refractivity contribution in [2.45, 2.75) is 39.2 Å². The summed E-state index contributed by atoms with van der Waals surface area (Å²) in [6.07, 6.45) is 3.39. The molecular formula is C11H17N3O2. The molecule has 5 nitrogen and oxygen atoms in total. The van der Waals surface area contributed by atoms with Crippen molar-refractivity contribution in [3.8, 4) is 0 Å². The van der Waals surface area contributed by atoms with Gasteiger partial charge in [0.05, 0.1) is 0 Å². The lowest BCUT2D eigenvalue weighted by Crippen LogP contribution is -2.30. The Kier molecular flexibility index (Phi) is 3.82. The first-order valence-corrected chi connectivity index (χ1v) is 5.34. The van der Waals surface area contributed by atoms with E-state index in [4.69, 9.17) is 0 Å². The van der Waals surface area contributed by atoms with Gasteiger partial charge in [-0.15, -0.1) is 0 Å². The number of pyridine rings is 1. The second-order valence-corrected chi connectivity index (χ2v) is 4.39. The van der Waals surface area contributed by atoms with Gasteiger partial charge in [0, 0.05) is 5.54 Å². The monoisotopic (exact) mass is 223 g/mol. The lowest BCUT2D eigenvalue weighted by Gasteiger charge is -2.26. The molecule has 0 fully saturated rings. The molecule has 16 heavy (non-hydrogen) atoms. The van der Waals surface area contributed by atoms with Crippen LogP contribution in [0.4, 0.5) is 11.5 Å². The van der Waals surface area contributed by atoms with E-state index in [2.05, 4.69) is 17.2 Å². The Balaban J connectivity index is 2.92. The van der Waals surface area contributed by atoms with Crippen LogP contribution in [0.5, 0.6) is 0 Å². The van der Waals surface area contributed by atoms with Gasteiger partial charge >= 0.3 is 5.82 Å². The molecule has 0 aliphatic rings. The van der Waals surface area contributed by atoms with Crippen LogP contribution in [0.25, 0.3) is 0 Å². The Morgan fingerprint density at radius 3 is 2.81 bits per heavy atom. The summed E-state index contributed by atoms with van der Waals surface area (Å²) in [6, 6.07) is 3.37. The highest BCUT2D eigenvalue weighted by atomic mass is 16.6. The Bertz CT molecular complexity index is 377. The van der Waals surface area contributed by atoms with Gasteiger partial charge in [-0.3, -0.25) is 0 Å². The van der Waals surface area contributed by atoms with Crippen molar-refractivity contribution in [2.24, 2.45) is 0 Å². The fourth-order valence-corrected chi connectivity index (χ4v) is 1.69. The van der Waals surface area contributed by atoms with Crippen molar-refractivity contribution < 1.29 is 4.92 Å². The molecule has 1 heterocycles. The highest BCUT2D eigenvalue weighted by Gasteiger charge is 2.21. The van der Waals surface area contributed by atoms with Gasteiger partial charge in [-0.05, 0) is 42.3 Å². The van der Waals surface area contributed by atoms with Crippen molar-refractivity contribution in [2.75, 3.05) is 5.32 Å². The van der Waals surface area contributed by atoms with Crippen LogP contribution in [0, 0.1) is 10.1 Å². The van der Waals surface area contributed by atoms with Gasteiger partial charge in [-0.25, -0.2) is 0 Å². The molecule has 0 aliphatic heterocycles. The fraction of sp³-hybridized carbons (Fsp3) is 0.545. The number of anilines is 1. The van der Waals surface area contributed by atoms with Gasteiger partial charge < -0.3 is 15.4 Å². The maximum absolute atomic E-state index is 10.8. The number of rotatable bonds is 5. The summed E-state index contributed by atoms with van der Waals surface area (Å²) < 4.78 is 0. The second-order valence-electron chi connectivity index (χ2n) is 4.39. The van der Waals surface area contributed by atoms with Crippen LogP contribution in [0.3, 0.4) is 0 Å². The molecule has 0 saturated heterocycles. The first-order valence-electron chi connectivity index (χ1n) is 5.34. The fourth-order valence-electron chi connectivity index (χ4n) is 1.69. The zero-order chi connectivity index (χ0) is 12.2. The van der Waals surface area contributed by atoms with Crippen LogP contribution in [-0.2, 0) is 0 Å². The maximum atomic E-state index is 10.8. The van der Waals surface area contributed by atoms with Crippen molar-refractivity contribution in [1.82, 2.24) is 4.98 Å². The van der Waals surface area contributed by atoms with Gasteiger partial charge in [0.25, 0.3) is 0 Å². The van der Waals surface area contributed by atoms with Crippen LogP contribution in [0.1, 0.15) is 33.6 Å². The third-order valence-electron chi connectivity index (χ3n) is 2.31. The van der Waals surface area contributed by atoms with Crippen LogP contribution >= 0.6 is 0 Å². The largest absolute Gasteiger partial charge is 0.386 e.